The Morgan fingerprint density at radius 2 is 1.26 bits per heavy atom. The minimum absolute atomic E-state index is 0.0273. The van der Waals surface area contributed by atoms with Gasteiger partial charge in [-0.2, -0.15) is 0 Å². The lowest BCUT2D eigenvalue weighted by atomic mass is 10.2. The van der Waals surface area contributed by atoms with Crippen molar-refractivity contribution in [1.29, 1.82) is 0 Å². The van der Waals surface area contributed by atoms with Gasteiger partial charge in [-0.15, -0.1) is 0 Å². The molecule has 1 radical (unpaired) electrons. The van der Waals surface area contributed by atoms with Crippen LogP contribution in [0.2, 0.25) is 0 Å². The molecule has 0 saturated carbocycles. The summed E-state index contributed by atoms with van der Waals surface area (Å²) in [5.74, 6) is -0.718. The molecule has 0 N–H and O–H groups in total. The summed E-state index contributed by atoms with van der Waals surface area (Å²) < 4.78 is 27.5. The second-order valence-corrected chi connectivity index (χ2v) is 10.5. The van der Waals surface area contributed by atoms with Crippen LogP contribution in [0.1, 0.15) is 111 Å². The molecule has 1 atom stereocenters. The summed E-state index contributed by atoms with van der Waals surface area (Å²) in [5.41, 5.74) is 0. The molecule has 0 fully saturated rings. The molecule has 0 saturated heterocycles. The molecule has 0 aliphatic rings. The zero-order valence-electron chi connectivity index (χ0n) is 27.3. The topological polar surface area (TPSA) is 83.5 Å². The van der Waals surface area contributed by atoms with Gasteiger partial charge in [-0.3, -0.25) is 4.79 Å². The highest BCUT2D eigenvalue weighted by Crippen LogP contribution is 2.11. The van der Waals surface area contributed by atoms with E-state index in [-0.39, 0.29) is 31.5 Å². The fraction of sp³-hybridized carbons (Fsp3) is 0.794. The fourth-order valence-corrected chi connectivity index (χ4v) is 4.07. The average molecular weight is 597 g/mol. The van der Waals surface area contributed by atoms with E-state index in [9.17, 15) is 9.59 Å². The van der Waals surface area contributed by atoms with E-state index in [4.69, 9.17) is 23.7 Å². The molecule has 0 aliphatic heterocycles. The number of carbonyl (C=O) groups excluding carboxylic acids is 2. The summed E-state index contributed by atoms with van der Waals surface area (Å²) in [6.45, 7) is 16.9. The molecular formula is C34H62NO7. The van der Waals surface area contributed by atoms with E-state index in [1.165, 1.54) is 0 Å². The number of carbonyl (C=O) groups is 2. The van der Waals surface area contributed by atoms with Crippen molar-refractivity contribution in [2.45, 2.75) is 117 Å². The summed E-state index contributed by atoms with van der Waals surface area (Å²) in [4.78, 5) is 26.4. The number of hydrogen-bond donors (Lipinski definition) is 0. The van der Waals surface area contributed by atoms with Gasteiger partial charge >= 0.3 is 12.1 Å². The lowest BCUT2D eigenvalue weighted by Crippen LogP contribution is -2.25. The van der Waals surface area contributed by atoms with Crippen LogP contribution in [0, 0.1) is 12.8 Å². The van der Waals surface area contributed by atoms with Crippen LogP contribution in [0.4, 0.5) is 4.79 Å². The molecule has 245 valence electrons. The van der Waals surface area contributed by atoms with Gasteiger partial charge in [0.15, 0.2) is 6.29 Å². The second-order valence-electron chi connectivity index (χ2n) is 10.5. The summed E-state index contributed by atoms with van der Waals surface area (Å²) in [6.07, 6.45) is 19.9. The maximum absolute atomic E-state index is 12.4. The second kappa shape index (κ2) is 30.6. The van der Waals surface area contributed by atoms with Crippen molar-refractivity contribution in [3.05, 3.63) is 31.2 Å². The van der Waals surface area contributed by atoms with E-state index < -0.39 is 12.4 Å². The molecule has 0 aromatic heterocycles. The lowest BCUT2D eigenvalue weighted by molar-refractivity contribution is -0.160. The number of rotatable bonds is 29. The predicted molar refractivity (Wildman–Crippen MR) is 170 cm³/mol. The maximum Gasteiger partial charge on any atom is 0.508 e. The first kappa shape index (κ1) is 40.1. The van der Waals surface area contributed by atoms with Crippen LogP contribution in [-0.2, 0) is 28.5 Å². The van der Waals surface area contributed by atoms with E-state index in [0.29, 0.717) is 26.2 Å². The molecule has 0 rings (SSSR count). The zero-order valence-corrected chi connectivity index (χ0v) is 27.3. The highest BCUT2D eigenvalue weighted by atomic mass is 16.7. The van der Waals surface area contributed by atoms with Crippen molar-refractivity contribution in [3.8, 4) is 0 Å². The summed E-state index contributed by atoms with van der Waals surface area (Å²) in [5, 5.41) is 0. The molecule has 0 aliphatic carbocycles. The minimum Gasteiger partial charge on any atom is -0.465 e. The van der Waals surface area contributed by atoms with E-state index >= 15 is 0 Å². The van der Waals surface area contributed by atoms with Crippen molar-refractivity contribution in [1.82, 2.24) is 4.90 Å². The summed E-state index contributed by atoms with van der Waals surface area (Å²) in [6, 6.07) is 0. The lowest BCUT2D eigenvalue weighted by Gasteiger charge is -2.19. The van der Waals surface area contributed by atoms with Gasteiger partial charge in [0.05, 0.1) is 19.6 Å². The van der Waals surface area contributed by atoms with Crippen LogP contribution in [0.25, 0.3) is 0 Å². The summed E-state index contributed by atoms with van der Waals surface area (Å²) in [7, 11) is 0. The van der Waals surface area contributed by atoms with Gasteiger partial charge in [-0.25, -0.2) is 4.79 Å². The molecule has 0 spiro atoms. The quantitative estimate of drug-likeness (QED) is 0.0371. The summed E-state index contributed by atoms with van der Waals surface area (Å²) >= 11 is 0. The maximum atomic E-state index is 12.4. The van der Waals surface area contributed by atoms with Gasteiger partial charge in [0.25, 0.3) is 0 Å². The Morgan fingerprint density at radius 1 is 0.690 bits per heavy atom. The number of hydrogen-bond acceptors (Lipinski definition) is 8. The van der Waals surface area contributed by atoms with Gasteiger partial charge in [0.1, 0.15) is 6.61 Å². The van der Waals surface area contributed by atoms with Gasteiger partial charge in [-0.05, 0) is 77.8 Å². The Labute approximate surface area is 257 Å². The van der Waals surface area contributed by atoms with Gasteiger partial charge in [0, 0.05) is 32.1 Å². The molecule has 0 bridgehead atoms. The zero-order chi connectivity index (χ0) is 31.1. The first-order chi connectivity index (χ1) is 20.5. The van der Waals surface area contributed by atoms with Crippen LogP contribution in [0.15, 0.2) is 24.3 Å². The van der Waals surface area contributed by atoms with Crippen molar-refractivity contribution in [2.75, 3.05) is 52.7 Å². The third-order valence-electron chi connectivity index (χ3n) is 6.68. The monoisotopic (exact) mass is 596 g/mol. The van der Waals surface area contributed by atoms with E-state index in [2.05, 4.69) is 63.8 Å². The average Bonchev–Trinajstić information content (AvgIpc) is 2.99. The third-order valence-corrected chi connectivity index (χ3v) is 6.68. The molecule has 8 nitrogen and oxygen atoms in total. The smallest absolute Gasteiger partial charge is 0.465 e. The van der Waals surface area contributed by atoms with Crippen LogP contribution in [-0.4, -0.2) is 76.0 Å². The number of esters is 1. The number of allylic oxidation sites excluding steroid dienone is 4. The van der Waals surface area contributed by atoms with Crippen molar-refractivity contribution >= 4 is 12.1 Å². The van der Waals surface area contributed by atoms with Gasteiger partial charge < -0.3 is 28.6 Å². The number of ether oxygens (including phenoxy) is 5. The fourth-order valence-electron chi connectivity index (χ4n) is 4.07. The van der Waals surface area contributed by atoms with Crippen LogP contribution in [0.3, 0.4) is 0 Å². The van der Waals surface area contributed by atoms with Crippen molar-refractivity contribution < 1.29 is 33.3 Å². The van der Waals surface area contributed by atoms with E-state index in [0.717, 1.165) is 90.3 Å². The van der Waals surface area contributed by atoms with E-state index in [1.54, 1.807) is 0 Å². The Hall–Kier alpha value is -1.90. The molecular weight excluding hydrogens is 534 g/mol. The number of nitrogens with zero attached hydrogens (tertiary/aromatic N) is 1. The largest absolute Gasteiger partial charge is 0.508 e. The molecule has 8 heteroatoms. The SMILES string of the molecule is [CH2]C(COC(=O)CCC(OCCCCC/C=C\CC)OCCCCC/C=C\CC)COC(=O)OCCCN(CC)CC. The highest BCUT2D eigenvalue weighted by Gasteiger charge is 2.15. The molecule has 0 aromatic rings. The first-order valence-corrected chi connectivity index (χ1v) is 16.5. The van der Waals surface area contributed by atoms with Crippen molar-refractivity contribution in [2.24, 2.45) is 5.92 Å². The molecule has 1 unspecified atom stereocenters. The minimum atomic E-state index is -0.721. The normalized spacial score (nSPS) is 12.5. The molecule has 42 heavy (non-hydrogen) atoms. The van der Waals surface area contributed by atoms with Crippen molar-refractivity contribution in [3.63, 3.8) is 0 Å². The molecule has 0 aromatic carbocycles. The Balaban J connectivity index is 4.25. The van der Waals surface area contributed by atoms with Crippen LogP contribution in [0.5, 0.6) is 0 Å². The Kier molecular flexibility index (Phi) is 29.2. The van der Waals surface area contributed by atoms with E-state index in [1.807, 2.05) is 0 Å². The predicted octanol–water partition coefficient (Wildman–Crippen LogP) is 8.06. The number of unbranched alkanes of at least 4 members (excludes halogenated alkanes) is 6. The molecule has 0 heterocycles. The van der Waals surface area contributed by atoms with Gasteiger partial charge in [-0.1, -0.05) is 64.8 Å². The standard InChI is InChI=1S/C34H62NO7/c1-6-10-12-14-16-18-20-26-38-33(39-27-21-19-17-15-13-11-7-2)24-23-32(36)41-29-31(5)30-42-34(37)40-28-22-25-35(8-3)9-4/h10-13,31,33H,5-9,14-30H2,1-4H3/b12-10-,13-11-. The van der Waals surface area contributed by atoms with Crippen LogP contribution < -0.4 is 0 Å². The molecule has 0 amide bonds. The Morgan fingerprint density at radius 3 is 1.81 bits per heavy atom. The van der Waals surface area contributed by atoms with Gasteiger partial charge in [0.2, 0.25) is 0 Å². The van der Waals surface area contributed by atoms with Crippen LogP contribution >= 0.6 is 0 Å². The third kappa shape index (κ3) is 27.0. The Bertz CT molecular complexity index is 653. The first-order valence-electron chi connectivity index (χ1n) is 16.5. The highest BCUT2D eigenvalue weighted by molar-refractivity contribution is 5.69.